The maximum atomic E-state index is 9.93. The van der Waals surface area contributed by atoms with Crippen molar-refractivity contribution in [1.82, 2.24) is 4.90 Å². The van der Waals surface area contributed by atoms with Gasteiger partial charge in [0.15, 0.2) is 0 Å². The van der Waals surface area contributed by atoms with Crippen LogP contribution in [0.2, 0.25) is 5.02 Å². The van der Waals surface area contributed by atoms with E-state index in [4.69, 9.17) is 11.6 Å². The molecule has 22 heavy (non-hydrogen) atoms. The summed E-state index contributed by atoms with van der Waals surface area (Å²) in [5.41, 5.74) is 4.00. The summed E-state index contributed by atoms with van der Waals surface area (Å²) < 4.78 is 0. The normalized spacial score (nSPS) is 27.5. The van der Waals surface area contributed by atoms with Crippen LogP contribution in [-0.4, -0.2) is 23.6 Å². The van der Waals surface area contributed by atoms with Crippen LogP contribution in [0.1, 0.15) is 41.5 Å². The van der Waals surface area contributed by atoms with Crippen LogP contribution in [0, 0.1) is 5.92 Å². The molecule has 2 aromatic carbocycles. The number of halogens is 1. The Morgan fingerprint density at radius 1 is 1.09 bits per heavy atom. The Bertz CT molecular complexity index is 697. The van der Waals surface area contributed by atoms with Gasteiger partial charge in [-0.05, 0) is 73.3 Å². The standard InChI is InChI=1S/C19H20ClNO/c1-21-10-2-3-16-18(12-4-6-13(20)7-5-12)15-9-8-14(22)11-17(15)19(16)21/h4-9,11,16,18-19,22H,2-3,10H2,1H3. The molecule has 0 aromatic heterocycles. The first kappa shape index (κ1) is 14.1. The highest BCUT2D eigenvalue weighted by molar-refractivity contribution is 6.30. The highest BCUT2D eigenvalue weighted by atomic mass is 35.5. The van der Waals surface area contributed by atoms with E-state index in [2.05, 4.69) is 30.1 Å². The van der Waals surface area contributed by atoms with Crippen LogP contribution < -0.4 is 0 Å². The van der Waals surface area contributed by atoms with Crippen molar-refractivity contribution in [1.29, 1.82) is 0 Å². The molecule has 0 radical (unpaired) electrons. The lowest BCUT2D eigenvalue weighted by atomic mass is 9.80. The SMILES string of the molecule is CN1CCCC2C(c3ccc(Cl)cc3)c3ccc(O)cc3C21. The van der Waals surface area contributed by atoms with Crippen LogP contribution in [0.4, 0.5) is 0 Å². The van der Waals surface area contributed by atoms with Crippen molar-refractivity contribution in [2.75, 3.05) is 13.6 Å². The smallest absolute Gasteiger partial charge is 0.115 e. The van der Waals surface area contributed by atoms with Crippen LogP contribution in [0.5, 0.6) is 5.75 Å². The fraction of sp³-hybridized carbons (Fsp3) is 0.368. The second-order valence-corrected chi connectivity index (χ2v) is 7.01. The minimum Gasteiger partial charge on any atom is -0.508 e. The first-order chi connectivity index (χ1) is 10.6. The van der Waals surface area contributed by atoms with Gasteiger partial charge in [0.2, 0.25) is 0 Å². The van der Waals surface area contributed by atoms with E-state index in [1.54, 1.807) is 0 Å². The van der Waals surface area contributed by atoms with Crippen molar-refractivity contribution < 1.29 is 5.11 Å². The summed E-state index contributed by atoms with van der Waals surface area (Å²) in [6.45, 7) is 1.13. The van der Waals surface area contributed by atoms with E-state index < -0.39 is 0 Å². The number of phenolic OH excluding ortho intramolecular Hbond substituents is 1. The topological polar surface area (TPSA) is 23.5 Å². The molecule has 1 heterocycles. The largest absolute Gasteiger partial charge is 0.508 e. The lowest BCUT2D eigenvalue weighted by Gasteiger charge is -2.37. The van der Waals surface area contributed by atoms with Crippen molar-refractivity contribution in [2.24, 2.45) is 5.92 Å². The van der Waals surface area contributed by atoms with Gasteiger partial charge in [-0.2, -0.15) is 0 Å². The fourth-order valence-electron chi connectivity index (χ4n) is 4.45. The number of hydrogen-bond acceptors (Lipinski definition) is 2. The zero-order valence-electron chi connectivity index (χ0n) is 12.7. The quantitative estimate of drug-likeness (QED) is 0.833. The second-order valence-electron chi connectivity index (χ2n) is 6.57. The van der Waals surface area contributed by atoms with Gasteiger partial charge in [-0.1, -0.05) is 29.8 Å². The third kappa shape index (κ3) is 2.13. The highest BCUT2D eigenvalue weighted by Crippen LogP contribution is 2.54. The number of rotatable bonds is 1. The fourth-order valence-corrected chi connectivity index (χ4v) is 4.57. The van der Waals surface area contributed by atoms with E-state index in [9.17, 15) is 5.11 Å². The molecule has 1 saturated heterocycles. The van der Waals surface area contributed by atoms with Crippen molar-refractivity contribution in [3.63, 3.8) is 0 Å². The Morgan fingerprint density at radius 3 is 2.64 bits per heavy atom. The summed E-state index contributed by atoms with van der Waals surface area (Å²) in [6.07, 6.45) is 2.47. The summed E-state index contributed by atoms with van der Waals surface area (Å²) in [5, 5.41) is 10.7. The molecule has 0 saturated carbocycles. The summed E-state index contributed by atoms with van der Waals surface area (Å²) in [4.78, 5) is 2.45. The molecule has 3 unspecified atom stereocenters. The molecule has 0 spiro atoms. The molecule has 2 aromatic rings. The van der Waals surface area contributed by atoms with E-state index in [-0.39, 0.29) is 0 Å². The van der Waals surface area contributed by atoms with Crippen LogP contribution in [0.15, 0.2) is 42.5 Å². The third-order valence-electron chi connectivity index (χ3n) is 5.31. The van der Waals surface area contributed by atoms with Gasteiger partial charge in [0, 0.05) is 17.0 Å². The van der Waals surface area contributed by atoms with Crippen molar-refractivity contribution >= 4 is 11.6 Å². The van der Waals surface area contributed by atoms with E-state index in [0.29, 0.717) is 23.6 Å². The van der Waals surface area contributed by atoms with E-state index in [0.717, 1.165) is 11.6 Å². The maximum absolute atomic E-state index is 9.93. The monoisotopic (exact) mass is 313 g/mol. The van der Waals surface area contributed by atoms with Gasteiger partial charge in [-0.3, -0.25) is 4.90 Å². The molecule has 3 atom stereocenters. The zero-order chi connectivity index (χ0) is 15.3. The Kier molecular flexibility index (Phi) is 3.39. The molecule has 1 aliphatic carbocycles. The molecule has 0 bridgehead atoms. The van der Waals surface area contributed by atoms with Gasteiger partial charge in [-0.25, -0.2) is 0 Å². The Labute approximate surface area is 136 Å². The summed E-state index contributed by atoms with van der Waals surface area (Å²) in [7, 11) is 2.20. The van der Waals surface area contributed by atoms with Gasteiger partial charge in [0.05, 0.1) is 0 Å². The number of phenols is 1. The van der Waals surface area contributed by atoms with Gasteiger partial charge in [0.1, 0.15) is 5.75 Å². The van der Waals surface area contributed by atoms with Gasteiger partial charge in [-0.15, -0.1) is 0 Å². The molecule has 0 amide bonds. The summed E-state index contributed by atoms with van der Waals surface area (Å²) >= 11 is 6.06. The minimum absolute atomic E-state index is 0.369. The Balaban J connectivity index is 1.86. The van der Waals surface area contributed by atoms with Crippen molar-refractivity contribution in [2.45, 2.75) is 24.8 Å². The number of aromatic hydroxyl groups is 1. The van der Waals surface area contributed by atoms with E-state index in [1.165, 1.54) is 29.5 Å². The zero-order valence-corrected chi connectivity index (χ0v) is 13.4. The average molecular weight is 314 g/mol. The Hall–Kier alpha value is -1.51. The van der Waals surface area contributed by atoms with E-state index in [1.807, 2.05) is 24.3 Å². The molecular formula is C19H20ClNO. The Morgan fingerprint density at radius 2 is 1.86 bits per heavy atom. The number of likely N-dealkylation sites (tertiary alicyclic amines) is 1. The third-order valence-corrected chi connectivity index (χ3v) is 5.56. The van der Waals surface area contributed by atoms with Gasteiger partial charge < -0.3 is 5.11 Å². The number of piperidine rings is 1. The number of benzene rings is 2. The first-order valence-corrected chi connectivity index (χ1v) is 8.31. The number of hydrogen-bond donors (Lipinski definition) is 1. The predicted molar refractivity (Wildman–Crippen MR) is 89.5 cm³/mol. The molecule has 1 fully saturated rings. The minimum atomic E-state index is 0.369. The molecule has 1 N–H and O–H groups in total. The maximum Gasteiger partial charge on any atom is 0.115 e. The molecular weight excluding hydrogens is 294 g/mol. The summed E-state index contributed by atoms with van der Waals surface area (Å²) in [5.74, 6) is 1.35. The molecule has 2 nitrogen and oxygen atoms in total. The second kappa shape index (κ2) is 5.29. The predicted octanol–water partition coefficient (Wildman–Crippen LogP) is 4.57. The molecule has 4 rings (SSSR count). The van der Waals surface area contributed by atoms with Crippen LogP contribution in [-0.2, 0) is 0 Å². The molecule has 1 aliphatic heterocycles. The summed E-state index contributed by atoms with van der Waals surface area (Å²) in [6, 6.07) is 14.6. The van der Waals surface area contributed by atoms with Gasteiger partial charge in [0.25, 0.3) is 0 Å². The molecule has 2 aliphatic rings. The van der Waals surface area contributed by atoms with Gasteiger partial charge >= 0.3 is 0 Å². The van der Waals surface area contributed by atoms with Crippen molar-refractivity contribution in [3.8, 4) is 5.75 Å². The molecule has 114 valence electrons. The lowest BCUT2D eigenvalue weighted by Crippen LogP contribution is -2.34. The number of fused-ring (bicyclic) bond motifs is 3. The van der Waals surface area contributed by atoms with Crippen molar-refractivity contribution in [3.05, 3.63) is 64.2 Å². The first-order valence-electron chi connectivity index (χ1n) is 7.93. The number of nitrogens with zero attached hydrogens (tertiary/aromatic N) is 1. The molecule has 3 heteroatoms. The average Bonchev–Trinajstić information content (AvgIpc) is 2.83. The lowest BCUT2D eigenvalue weighted by molar-refractivity contribution is 0.126. The van der Waals surface area contributed by atoms with Crippen LogP contribution in [0.25, 0.3) is 0 Å². The highest BCUT2D eigenvalue weighted by Gasteiger charge is 2.44. The van der Waals surface area contributed by atoms with Crippen LogP contribution >= 0.6 is 11.6 Å². The van der Waals surface area contributed by atoms with E-state index >= 15 is 0 Å². The van der Waals surface area contributed by atoms with Crippen LogP contribution in [0.3, 0.4) is 0 Å².